The smallest absolute Gasteiger partial charge is 0.132 e. The van der Waals surface area contributed by atoms with Crippen molar-refractivity contribution in [3.8, 4) is 56.4 Å². The van der Waals surface area contributed by atoms with E-state index in [1.54, 1.807) is 0 Å². The van der Waals surface area contributed by atoms with E-state index in [0.29, 0.717) is 0 Å². The summed E-state index contributed by atoms with van der Waals surface area (Å²) in [6, 6.07) is 91.0. The van der Waals surface area contributed by atoms with Crippen molar-refractivity contribution in [2.24, 2.45) is 0 Å². The molecular formula is C66H41NO2. The highest BCUT2D eigenvalue weighted by Crippen LogP contribution is 2.65. The van der Waals surface area contributed by atoms with Crippen LogP contribution in [0.1, 0.15) is 44.5 Å². The number of anilines is 3. The van der Waals surface area contributed by atoms with E-state index >= 15 is 0 Å². The lowest BCUT2D eigenvalue weighted by molar-refractivity contribution is 0.436. The Balaban J connectivity index is 0.984. The second kappa shape index (κ2) is 14.3. The number of hydrogen-bond donors (Lipinski definition) is 0. The molecule has 2 aliphatic heterocycles. The molecule has 3 heteroatoms. The molecule has 0 aromatic heterocycles. The van der Waals surface area contributed by atoms with Crippen LogP contribution in [-0.4, -0.2) is 0 Å². The van der Waals surface area contributed by atoms with Gasteiger partial charge in [-0.15, -0.1) is 0 Å². The van der Waals surface area contributed by atoms with Gasteiger partial charge in [0.1, 0.15) is 23.0 Å². The molecule has 11 aromatic carbocycles. The summed E-state index contributed by atoms with van der Waals surface area (Å²) in [5.41, 5.74) is 18.9. The third-order valence-electron chi connectivity index (χ3n) is 15.4. The van der Waals surface area contributed by atoms with Gasteiger partial charge in [-0.2, -0.15) is 0 Å². The van der Waals surface area contributed by atoms with Crippen LogP contribution >= 0.6 is 0 Å². The fourth-order valence-corrected chi connectivity index (χ4v) is 12.6. The van der Waals surface area contributed by atoms with E-state index in [2.05, 4.69) is 254 Å². The lowest BCUT2D eigenvalue weighted by atomic mass is 9.66. The minimum Gasteiger partial charge on any atom is -0.457 e. The molecule has 0 bridgehead atoms. The number of nitrogens with zero attached hydrogens (tertiary/aromatic N) is 1. The molecule has 0 saturated carbocycles. The molecule has 2 heterocycles. The zero-order valence-corrected chi connectivity index (χ0v) is 37.4. The van der Waals surface area contributed by atoms with Crippen LogP contribution in [0.4, 0.5) is 17.1 Å². The molecule has 15 rings (SSSR count). The van der Waals surface area contributed by atoms with Crippen molar-refractivity contribution >= 4 is 27.8 Å². The lowest BCUT2D eigenvalue weighted by Crippen LogP contribution is -2.32. The molecule has 4 aliphatic rings. The Morgan fingerprint density at radius 2 is 0.681 bits per heavy atom. The summed E-state index contributed by atoms with van der Waals surface area (Å²) in [5, 5.41) is 2.35. The molecule has 1 atom stereocenters. The molecule has 3 nitrogen and oxygen atoms in total. The molecule has 2 aliphatic carbocycles. The standard InChI is InChI=1S/C66H41NO2/c1-2-16-42(17-3-1)43-30-32-46(33-31-43)67(48-34-36-51-49-20-6-8-22-53(49)66(59(51)41-48)57-25-11-13-27-61(57)68-62-28-14-12-26-58(62)66)47-35-37-55-52(40-47)50-21-7-9-23-54(50)65(55)56-24-10-15-29-63(56)69-64-39-45-19-5-4-18-44(45)38-60(64)65/h1-41H. The summed E-state index contributed by atoms with van der Waals surface area (Å²) in [6.45, 7) is 0. The molecule has 1 unspecified atom stereocenters. The summed E-state index contributed by atoms with van der Waals surface area (Å²) in [7, 11) is 0. The van der Waals surface area contributed by atoms with E-state index in [1.807, 2.05) is 0 Å². The van der Waals surface area contributed by atoms with Crippen LogP contribution in [0.3, 0.4) is 0 Å². The molecular weight excluding hydrogens is 839 g/mol. The second-order valence-corrected chi connectivity index (χ2v) is 18.7. The maximum Gasteiger partial charge on any atom is 0.132 e. The molecule has 0 N–H and O–H groups in total. The summed E-state index contributed by atoms with van der Waals surface area (Å²) in [6.07, 6.45) is 0. The van der Waals surface area contributed by atoms with Gasteiger partial charge in [-0.25, -0.2) is 0 Å². The fraction of sp³-hybridized carbons (Fsp3) is 0.0303. The molecule has 0 radical (unpaired) electrons. The van der Waals surface area contributed by atoms with Gasteiger partial charge in [0.15, 0.2) is 0 Å². The summed E-state index contributed by atoms with van der Waals surface area (Å²) < 4.78 is 13.6. The van der Waals surface area contributed by atoms with Gasteiger partial charge in [-0.1, -0.05) is 182 Å². The SMILES string of the molecule is c1ccc(-c2ccc(N(c3ccc4c(c3)-c3ccccc3C43c4ccccc4Oc4cc5ccccc5cc43)c3ccc4c(c3)C3(c5ccccc5Oc5ccccc53)c3ccccc3-4)cc2)cc1. The monoisotopic (exact) mass is 879 g/mol. The normalized spacial score (nSPS) is 15.7. The molecule has 2 spiro atoms. The number of fused-ring (bicyclic) bond motifs is 19. The van der Waals surface area contributed by atoms with Crippen LogP contribution < -0.4 is 14.4 Å². The number of rotatable bonds is 4. The third kappa shape index (κ3) is 5.16. The zero-order valence-electron chi connectivity index (χ0n) is 37.4. The number of hydrogen-bond acceptors (Lipinski definition) is 3. The predicted octanol–water partition coefficient (Wildman–Crippen LogP) is 16.9. The average molecular weight is 880 g/mol. The lowest BCUT2D eigenvalue weighted by Gasteiger charge is -2.40. The first-order valence-electron chi connectivity index (χ1n) is 23.8. The van der Waals surface area contributed by atoms with Crippen molar-refractivity contribution in [3.63, 3.8) is 0 Å². The van der Waals surface area contributed by atoms with Gasteiger partial charge in [-0.05, 0) is 133 Å². The van der Waals surface area contributed by atoms with E-state index in [4.69, 9.17) is 9.47 Å². The van der Waals surface area contributed by atoms with E-state index in [9.17, 15) is 0 Å². The Morgan fingerprint density at radius 3 is 1.33 bits per heavy atom. The van der Waals surface area contributed by atoms with Gasteiger partial charge >= 0.3 is 0 Å². The number of para-hydroxylation sites is 3. The first kappa shape index (κ1) is 38.2. The number of ether oxygens (including phenoxy) is 2. The quantitative estimate of drug-likeness (QED) is 0.176. The largest absolute Gasteiger partial charge is 0.457 e. The van der Waals surface area contributed by atoms with Crippen molar-refractivity contribution in [1.29, 1.82) is 0 Å². The summed E-state index contributed by atoms with van der Waals surface area (Å²) in [5.74, 6) is 3.54. The van der Waals surface area contributed by atoms with Crippen molar-refractivity contribution in [1.82, 2.24) is 0 Å². The van der Waals surface area contributed by atoms with Crippen LogP contribution in [0.15, 0.2) is 249 Å². The predicted molar refractivity (Wildman–Crippen MR) is 279 cm³/mol. The van der Waals surface area contributed by atoms with Gasteiger partial charge < -0.3 is 14.4 Å². The molecule has 69 heavy (non-hydrogen) atoms. The topological polar surface area (TPSA) is 21.7 Å². The maximum absolute atomic E-state index is 6.86. The van der Waals surface area contributed by atoms with Crippen molar-refractivity contribution in [2.75, 3.05) is 4.90 Å². The highest BCUT2D eigenvalue weighted by atomic mass is 16.5. The number of benzene rings is 11. The average Bonchev–Trinajstić information content (AvgIpc) is 3.86. The molecule has 322 valence electrons. The third-order valence-corrected chi connectivity index (χ3v) is 15.4. The van der Waals surface area contributed by atoms with E-state index in [1.165, 1.54) is 61.0 Å². The van der Waals surface area contributed by atoms with Crippen molar-refractivity contribution < 1.29 is 9.47 Å². The van der Waals surface area contributed by atoms with Gasteiger partial charge in [0, 0.05) is 39.3 Å². The summed E-state index contributed by atoms with van der Waals surface area (Å²) in [4.78, 5) is 2.45. The molecule has 0 amide bonds. The van der Waals surface area contributed by atoms with Gasteiger partial charge in [0.2, 0.25) is 0 Å². The first-order valence-corrected chi connectivity index (χ1v) is 23.8. The Kier molecular flexibility index (Phi) is 7.92. The maximum atomic E-state index is 6.86. The van der Waals surface area contributed by atoms with Crippen LogP contribution in [0, 0.1) is 0 Å². The Bertz CT molecular complexity index is 3880. The van der Waals surface area contributed by atoms with E-state index in [-0.39, 0.29) is 0 Å². The first-order chi connectivity index (χ1) is 34.2. The minimum atomic E-state index is -0.604. The van der Waals surface area contributed by atoms with Gasteiger partial charge in [-0.3, -0.25) is 0 Å². The van der Waals surface area contributed by atoms with Crippen LogP contribution in [0.2, 0.25) is 0 Å². The molecule has 0 fully saturated rings. The molecule has 11 aromatic rings. The zero-order chi connectivity index (χ0) is 45.3. The van der Waals surface area contributed by atoms with Gasteiger partial charge in [0.25, 0.3) is 0 Å². The highest BCUT2D eigenvalue weighted by Gasteiger charge is 2.53. The van der Waals surface area contributed by atoms with Crippen molar-refractivity contribution in [2.45, 2.75) is 10.8 Å². The van der Waals surface area contributed by atoms with Crippen LogP contribution in [-0.2, 0) is 10.8 Å². The summed E-state index contributed by atoms with van der Waals surface area (Å²) >= 11 is 0. The second-order valence-electron chi connectivity index (χ2n) is 18.7. The Hall–Kier alpha value is -8.92. The molecule has 0 saturated heterocycles. The Labute approximate surface area is 400 Å². The minimum absolute atomic E-state index is 0.601. The van der Waals surface area contributed by atoms with Crippen LogP contribution in [0.5, 0.6) is 23.0 Å². The Morgan fingerprint density at radius 1 is 0.246 bits per heavy atom. The van der Waals surface area contributed by atoms with E-state index < -0.39 is 10.8 Å². The van der Waals surface area contributed by atoms with Gasteiger partial charge in [0.05, 0.1) is 10.8 Å². The van der Waals surface area contributed by atoms with Crippen molar-refractivity contribution in [3.05, 3.63) is 293 Å². The fourth-order valence-electron chi connectivity index (χ4n) is 12.6. The highest BCUT2D eigenvalue weighted by molar-refractivity contribution is 5.96. The van der Waals surface area contributed by atoms with Crippen LogP contribution in [0.25, 0.3) is 44.2 Å². The van der Waals surface area contributed by atoms with E-state index in [0.717, 1.165) is 67.7 Å².